The molecule has 0 unspecified atom stereocenters. The van der Waals surface area contributed by atoms with Crippen LogP contribution in [0.5, 0.6) is 0 Å². The van der Waals surface area contributed by atoms with Gasteiger partial charge in [0.05, 0.1) is 10.6 Å². The molecule has 5 nitrogen and oxygen atoms in total. The minimum Gasteiger partial charge on any atom is -0.324 e. The molecule has 0 saturated carbocycles. The second-order valence-corrected chi connectivity index (χ2v) is 9.56. The van der Waals surface area contributed by atoms with Crippen LogP contribution in [-0.4, -0.2) is 20.9 Å². The average Bonchev–Trinajstić information content (AvgIpc) is 2.84. The number of sulfonamides is 1. The van der Waals surface area contributed by atoms with Crippen LogP contribution in [0.25, 0.3) is 11.1 Å². The van der Waals surface area contributed by atoms with E-state index in [1.54, 1.807) is 42.5 Å². The van der Waals surface area contributed by atoms with Crippen molar-refractivity contribution in [1.82, 2.24) is 0 Å². The van der Waals surface area contributed by atoms with E-state index in [0.717, 1.165) is 15.4 Å². The van der Waals surface area contributed by atoms with Crippen LogP contribution >= 0.6 is 11.6 Å². The van der Waals surface area contributed by atoms with Crippen LogP contribution in [0.3, 0.4) is 0 Å². The van der Waals surface area contributed by atoms with E-state index in [1.165, 1.54) is 18.2 Å². The third-order valence-corrected chi connectivity index (χ3v) is 7.02. The summed E-state index contributed by atoms with van der Waals surface area (Å²) in [5.41, 5.74) is 2.68. The van der Waals surface area contributed by atoms with Gasteiger partial charge in [-0.25, -0.2) is 8.42 Å². The minimum atomic E-state index is -4.01. The monoisotopic (exact) mass is 476 g/mol. The molecule has 33 heavy (non-hydrogen) atoms. The Kier molecular flexibility index (Phi) is 6.77. The Labute approximate surface area is 198 Å². The van der Waals surface area contributed by atoms with Crippen molar-refractivity contribution >= 4 is 38.9 Å². The number of amides is 1. The van der Waals surface area contributed by atoms with E-state index >= 15 is 0 Å². The number of anilines is 2. The second kappa shape index (κ2) is 9.90. The summed E-state index contributed by atoms with van der Waals surface area (Å²) in [4.78, 5) is 13.2. The largest absolute Gasteiger partial charge is 0.324 e. The molecule has 0 atom stereocenters. The summed E-state index contributed by atoms with van der Waals surface area (Å²) >= 11 is 6.12. The molecule has 0 heterocycles. The van der Waals surface area contributed by atoms with Crippen molar-refractivity contribution in [3.05, 3.63) is 114 Å². The lowest BCUT2D eigenvalue weighted by molar-refractivity contribution is -0.114. The van der Waals surface area contributed by atoms with Crippen molar-refractivity contribution in [1.29, 1.82) is 0 Å². The molecule has 1 N–H and O–H groups in total. The summed E-state index contributed by atoms with van der Waals surface area (Å²) in [5.74, 6) is -0.474. The fourth-order valence-corrected chi connectivity index (χ4v) is 5.07. The molecule has 0 bridgehead atoms. The van der Waals surface area contributed by atoms with Crippen molar-refractivity contribution in [2.45, 2.75) is 4.90 Å². The van der Waals surface area contributed by atoms with E-state index in [9.17, 15) is 13.2 Å². The van der Waals surface area contributed by atoms with Gasteiger partial charge < -0.3 is 5.32 Å². The van der Waals surface area contributed by atoms with Gasteiger partial charge in [0, 0.05) is 16.3 Å². The number of nitrogens with zero attached hydrogens (tertiary/aromatic N) is 1. The third-order valence-electron chi connectivity index (χ3n) is 5.00. The number of carbonyl (C=O) groups is 1. The second-order valence-electron chi connectivity index (χ2n) is 7.26. The van der Waals surface area contributed by atoms with Gasteiger partial charge in [-0.15, -0.1) is 0 Å². The third kappa shape index (κ3) is 5.25. The summed E-state index contributed by atoms with van der Waals surface area (Å²) in [5, 5.41) is 3.24. The molecule has 0 saturated heterocycles. The molecular formula is C26H21ClN2O3S. The number of carbonyl (C=O) groups excluding carboxylic acids is 1. The van der Waals surface area contributed by atoms with Gasteiger partial charge in [-0.2, -0.15) is 0 Å². The molecule has 0 fully saturated rings. The Bertz CT molecular complexity index is 1360. The number of hydrogen-bond donors (Lipinski definition) is 1. The van der Waals surface area contributed by atoms with E-state index < -0.39 is 22.5 Å². The quantitative estimate of drug-likeness (QED) is 0.364. The van der Waals surface area contributed by atoms with E-state index in [0.29, 0.717) is 16.4 Å². The Morgan fingerprint density at radius 2 is 1.42 bits per heavy atom. The number of para-hydroxylation sites is 1. The summed E-state index contributed by atoms with van der Waals surface area (Å²) in [6.45, 7) is -0.416. The summed E-state index contributed by atoms with van der Waals surface area (Å²) < 4.78 is 27.9. The zero-order valence-electron chi connectivity index (χ0n) is 17.6. The van der Waals surface area contributed by atoms with Crippen molar-refractivity contribution in [2.75, 3.05) is 16.2 Å². The van der Waals surface area contributed by atoms with Gasteiger partial charge in [-0.1, -0.05) is 84.4 Å². The molecule has 0 aromatic heterocycles. The topological polar surface area (TPSA) is 66.5 Å². The van der Waals surface area contributed by atoms with Crippen LogP contribution in [-0.2, 0) is 14.8 Å². The van der Waals surface area contributed by atoms with Gasteiger partial charge in [0.15, 0.2) is 0 Å². The molecule has 0 aliphatic heterocycles. The van der Waals surface area contributed by atoms with Gasteiger partial charge in [0.25, 0.3) is 10.0 Å². The molecule has 0 aliphatic carbocycles. The Morgan fingerprint density at radius 1 is 0.788 bits per heavy atom. The van der Waals surface area contributed by atoms with Crippen molar-refractivity contribution < 1.29 is 13.2 Å². The predicted octanol–water partition coefficient (Wildman–Crippen LogP) is 5.84. The smallest absolute Gasteiger partial charge is 0.264 e. The average molecular weight is 477 g/mol. The van der Waals surface area contributed by atoms with Crippen LogP contribution in [0, 0.1) is 0 Å². The van der Waals surface area contributed by atoms with Crippen LogP contribution in [0.2, 0.25) is 5.02 Å². The highest BCUT2D eigenvalue weighted by molar-refractivity contribution is 7.92. The standard InChI is InChI=1S/C26H21ClN2O3S/c27-21-12-9-13-22(18-21)29(33(31,32)23-14-5-2-6-15-23)19-26(30)28-25-17-8-7-16-24(25)20-10-3-1-4-11-20/h1-18H,19H2,(H,28,30). The van der Waals surface area contributed by atoms with E-state index in [1.807, 2.05) is 48.5 Å². The highest BCUT2D eigenvalue weighted by atomic mass is 35.5. The zero-order chi connectivity index (χ0) is 23.3. The predicted molar refractivity (Wildman–Crippen MR) is 133 cm³/mol. The van der Waals surface area contributed by atoms with Gasteiger partial charge in [0.2, 0.25) is 5.91 Å². The molecule has 0 radical (unpaired) electrons. The molecule has 4 aromatic carbocycles. The van der Waals surface area contributed by atoms with Crippen LogP contribution in [0.15, 0.2) is 114 Å². The first-order chi connectivity index (χ1) is 15.9. The first-order valence-corrected chi connectivity index (χ1v) is 12.0. The molecule has 7 heteroatoms. The Balaban J connectivity index is 1.66. The van der Waals surface area contributed by atoms with Crippen molar-refractivity contribution in [3.63, 3.8) is 0 Å². The maximum Gasteiger partial charge on any atom is 0.264 e. The summed E-state index contributed by atoms with van der Waals surface area (Å²) in [6, 6.07) is 31.5. The summed E-state index contributed by atoms with van der Waals surface area (Å²) in [7, 11) is -4.01. The van der Waals surface area contributed by atoms with Crippen LogP contribution in [0.1, 0.15) is 0 Å². The van der Waals surface area contributed by atoms with E-state index in [4.69, 9.17) is 11.6 Å². The Hall–Kier alpha value is -3.61. The van der Waals surface area contributed by atoms with E-state index in [2.05, 4.69) is 5.32 Å². The van der Waals surface area contributed by atoms with Crippen LogP contribution < -0.4 is 9.62 Å². The molecule has 0 aliphatic rings. The van der Waals surface area contributed by atoms with E-state index in [-0.39, 0.29) is 4.90 Å². The zero-order valence-corrected chi connectivity index (χ0v) is 19.1. The molecule has 0 spiro atoms. The lowest BCUT2D eigenvalue weighted by atomic mass is 10.0. The first-order valence-electron chi connectivity index (χ1n) is 10.2. The highest BCUT2D eigenvalue weighted by Gasteiger charge is 2.27. The highest BCUT2D eigenvalue weighted by Crippen LogP contribution is 2.29. The molecule has 1 amide bonds. The number of benzene rings is 4. The Morgan fingerprint density at radius 3 is 2.12 bits per heavy atom. The molecule has 166 valence electrons. The van der Waals surface area contributed by atoms with Gasteiger partial charge in [-0.05, 0) is 42.0 Å². The molecule has 4 aromatic rings. The molecule has 4 rings (SSSR count). The van der Waals surface area contributed by atoms with Crippen molar-refractivity contribution in [2.24, 2.45) is 0 Å². The number of nitrogens with one attached hydrogen (secondary N) is 1. The van der Waals surface area contributed by atoms with Gasteiger partial charge in [0.1, 0.15) is 6.54 Å². The maximum atomic E-state index is 13.4. The lowest BCUT2D eigenvalue weighted by Crippen LogP contribution is -2.38. The SMILES string of the molecule is O=C(CN(c1cccc(Cl)c1)S(=O)(=O)c1ccccc1)Nc1ccccc1-c1ccccc1. The normalized spacial score (nSPS) is 11.1. The maximum absolute atomic E-state index is 13.4. The number of rotatable bonds is 7. The molecular weight excluding hydrogens is 456 g/mol. The van der Waals surface area contributed by atoms with Crippen molar-refractivity contribution in [3.8, 4) is 11.1 Å². The van der Waals surface area contributed by atoms with Gasteiger partial charge in [-0.3, -0.25) is 9.10 Å². The van der Waals surface area contributed by atoms with Crippen LogP contribution in [0.4, 0.5) is 11.4 Å². The number of hydrogen-bond acceptors (Lipinski definition) is 3. The number of halogens is 1. The fraction of sp³-hybridized carbons (Fsp3) is 0.0385. The lowest BCUT2D eigenvalue weighted by Gasteiger charge is -2.24. The minimum absolute atomic E-state index is 0.0856. The van der Waals surface area contributed by atoms with Gasteiger partial charge >= 0.3 is 0 Å². The first kappa shape index (κ1) is 22.6. The summed E-state index contributed by atoms with van der Waals surface area (Å²) in [6.07, 6.45) is 0. The fourth-order valence-electron chi connectivity index (χ4n) is 3.45.